The molecule has 0 heterocycles. The summed E-state index contributed by atoms with van der Waals surface area (Å²) >= 11 is 6.28. The van der Waals surface area contributed by atoms with Gasteiger partial charge >= 0.3 is 0 Å². The number of carbonyl (C=O) groups is 2. The normalized spacial score (nSPS) is 12.6. The monoisotopic (exact) mass is 631 g/mol. The summed E-state index contributed by atoms with van der Waals surface area (Å²) in [5, 5.41) is 3.38. The minimum absolute atomic E-state index is 0.0355. The molecule has 2 amide bonds. The smallest absolute Gasteiger partial charge is 0.264 e. The zero-order chi connectivity index (χ0) is 31.7. The molecule has 44 heavy (non-hydrogen) atoms. The van der Waals surface area contributed by atoms with Crippen LogP contribution in [-0.2, 0) is 32.6 Å². The quantitative estimate of drug-likeness (QED) is 0.185. The second-order valence-corrected chi connectivity index (χ2v) is 13.1. The Balaban J connectivity index is 1.80. The average molecular weight is 632 g/mol. The minimum atomic E-state index is -4.18. The molecule has 9 heteroatoms. The van der Waals surface area contributed by atoms with E-state index in [1.54, 1.807) is 36.4 Å². The second kappa shape index (κ2) is 15.0. The predicted molar refractivity (Wildman–Crippen MR) is 176 cm³/mol. The molecule has 4 rings (SSSR count). The van der Waals surface area contributed by atoms with Crippen LogP contribution in [0, 0.1) is 6.92 Å². The molecule has 0 bridgehead atoms. The molecular formula is C35H38ClN3O4S. The molecule has 1 N–H and O–H groups in total. The predicted octanol–water partition coefficient (Wildman–Crippen LogP) is 6.40. The Hall–Kier alpha value is -4.14. The molecule has 230 valence electrons. The SMILES string of the molecule is CC[C@@H](C)NC(=O)[C@@H](Cc1ccccc1)N(Cc1cccc(C)c1)C(=O)CN(c1cccc(Cl)c1)S(=O)(=O)c1ccccc1. The van der Waals surface area contributed by atoms with E-state index in [1.165, 1.54) is 23.1 Å². The number of aryl methyl sites for hydroxylation is 1. The van der Waals surface area contributed by atoms with Crippen molar-refractivity contribution >= 4 is 39.1 Å². The van der Waals surface area contributed by atoms with Gasteiger partial charge in [0, 0.05) is 24.0 Å². The number of hydrogen-bond donors (Lipinski definition) is 1. The minimum Gasteiger partial charge on any atom is -0.352 e. The van der Waals surface area contributed by atoms with Gasteiger partial charge < -0.3 is 10.2 Å². The van der Waals surface area contributed by atoms with Crippen molar-refractivity contribution in [2.75, 3.05) is 10.8 Å². The molecule has 0 saturated carbocycles. The number of rotatable bonds is 13. The lowest BCUT2D eigenvalue weighted by atomic mass is 10.0. The van der Waals surface area contributed by atoms with E-state index >= 15 is 0 Å². The number of anilines is 1. The van der Waals surface area contributed by atoms with Crippen molar-refractivity contribution in [3.63, 3.8) is 0 Å². The molecule has 0 aliphatic heterocycles. The standard InChI is InChI=1S/C35H38ClN3O4S/c1-4-27(3)37-35(41)33(22-28-14-7-5-8-15-28)38(24-29-16-11-13-26(2)21-29)34(40)25-39(31-18-12-17-30(36)23-31)44(42,43)32-19-9-6-10-20-32/h5-21,23,27,33H,4,22,24-25H2,1-3H3,(H,37,41)/t27-,33-/m1/s1. The van der Waals surface area contributed by atoms with Crippen molar-refractivity contribution in [2.24, 2.45) is 0 Å². The fourth-order valence-corrected chi connectivity index (χ4v) is 6.49. The Labute approximate surface area is 265 Å². The molecule has 0 aromatic heterocycles. The lowest BCUT2D eigenvalue weighted by Gasteiger charge is -2.34. The van der Waals surface area contributed by atoms with Crippen LogP contribution < -0.4 is 9.62 Å². The maximum atomic E-state index is 14.5. The van der Waals surface area contributed by atoms with Crippen LogP contribution in [-0.4, -0.2) is 43.8 Å². The van der Waals surface area contributed by atoms with Crippen molar-refractivity contribution in [1.29, 1.82) is 0 Å². The Kier molecular flexibility index (Phi) is 11.2. The summed E-state index contributed by atoms with van der Waals surface area (Å²) in [5.41, 5.74) is 2.95. The summed E-state index contributed by atoms with van der Waals surface area (Å²) in [6, 6.07) is 30.5. The van der Waals surface area contributed by atoms with Gasteiger partial charge in [-0.15, -0.1) is 0 Å². The third-order valence-corrected chi connectivity index (χ3v) is 9.44. The summed E-state index contributed by atoms with van der Waals surface area (Å²) in [6.07, 6.45) is 0.969. The van der Waals surface area contributed by atoms with E-state index in [0.29, 0.717) is 11.4 Å². The third-order valence-electron chi connectivity index (χ3n) is 7.41. The highest BCUT2D eigenvalue weighted by atomic mass is 35.5. The number of amides is 2. The number of sulfonamides is 1. The molecule has 0 fully saturated rings. The van der Waals surface area contributed by atoms with Gasteiger partial charge in [0.25, 0.3) is 10.0 Å². The molecule has 0 spiro atoms. The zero-order valence-corrected chi connectivity index (χ0v) is 26.8. The van der Waals surface area contributed by atoms with Crippen LogP contribution in [0.2, 0.25) is 5.02 Å². The highest BCUT2D eigenvalue weighted by molar-refractivity contribution is 7.92. The van der Waals surface area contributed by atoms with Gasteiger partial charge in [-0.25, -0.2) is 8.42 Å². The van der Waals surface area contributed by atoms with E-state index in [9.17, 15) is 18.0 Å². The molecule has 2 atom stereocenters. The van der Waals surface area contributed by atoms with Gasteiger partial charge in [-0.1, -0.05) is 103 Å². The van der Waals surface area contributed by atoms with E-state index in [4.69, 9.17) is 11.6 Å². The summed E-state index contributed by atoms with van der Waals surface area (Å²) in [6.45, 7) is 5.42. The summed E-state index contributed by atoms with van der Waals surface area (Å²) < 4.78 is 29.1. The maximum Gasteiger partial charge on any atom is 0.264 e. The number of hydrogen-bond acceptors (Lipinski definition) is 4. The van der Waals surface area contributed by atoms with Crippen molar-refractivity contribution < 1.29 is 18.0 Å². The van der Waals surface area contributed by atoms with Gasteiger partial charge in [-0.2, -0.15) is 0 Å². The van der Waals surface area contributed by atoms with Crippen LogP contribution in [0.25, 0.3) is 0 Å². The Bertz CT molecular complexity index is 1670. The molecule has 0 saturated heterocycles. The zero-order valence-electron chi connectivity index (χ0n) is 25.2. The number of benzene rings is 4. The molecule has 0 aliphatic rings. The van der Waals surface area contributed by atoms with Crippen LogP contribution in [0.3, 0.4) is 0 Å². The van der Waals surface area contributed by atoms with Gasteiger partial charge in [0.15, 0.2) is 0 Å². The first-order valence-electron chi connectivity index (χ1n) is 14.6. The van der Waals surface area contributed by atoms with Gasteiger partial charge in [0.2, 0.25) is 11.8 Å². The first-order valence-corrected chi connectivity index (χ1v) is 16.4. The Morgan fingerprint density at radius 3 is 2.11 bits per heavy atom. The average Bonchev–Trinajstić information content (AvgIpc) is 3.02. The first-order chi connectivity index (χ1) is 21.1. The van der Waals surface area contributed by atoms with Crippen LogP contribution in [0.4, 0.5) is 5.69 Å². The fraction of sp³-hybridized carbons (Fsp3) is 0.257. The van der Waals surface area contributed by atoms with Crippen molar-refractivity contribution in [3.8, 4) is 0 Å². The Morgan fingerprint density at radius 2 is 1.48 bits per heavy atom. The van der Waals surface area contributed by atoms with E-state index < -0.39 is 28.5 Å². The second-order valence-electron chi connectivity index (χ2n) is 10.8. The Morgan fingerprint density at radius 1 is 0.841 bits per heavy atom. The molecule has 4 aromatic carbocycles. The first kappa shape index (κ1) is 32.8. The van der Waals surface area contributed by atoms with Crippen molar-refractivity contribution in [2.45, 2.75) is 57.1 Å². The lowest BCUT2D eigenvalue weighted by molar-refractivity contribution is -0.140. The topological polar surface area (TPSA) is 86.8 Å². The molecule has 0 aliphatic carbocycles. The van der Waals surface area contributed by atoms with E-state index in [-0.39, 0.29) is 35.5 Å². The maximum absolute atomic E-state index is 14.5. The molecule has 0 radical (unpaired) electrons. The summed E-state index contributed by atoms with van der Waals surface area (Å²) in [7, 11) is -4.18. The van der Waals surface area contributed by atoms with Crippen LogP contribution >= 0.6 is 11.6 Å². The van der Waals surface area contributed by atoms with Crippen LogP contribution in [0.1, 0.15) is 37.0 Å². The number of nitrogens with one attached hydrogen (secondary N) is 1. The van der Waals surface area contributed by atoms with E-state index in [1.807, 2.05) is 75.4 Å². The molecule has 7 nitrogen and oxygen atoms in total. The van der Waals surface area contributed by atoms with E-state index in [0.717, 1.165) is 21.0 Å². The number of halogens is 1. The van der Waals surface area contributed by atoms with Gasteiger partial charge in [0.1, 0.15) is 12.6 Å². The number of nitrogens with zero attached hydrogens (tertiary/aromatic N) is 2. The summed E-state index contributed by atoms with van der Waals surface area (Å²) in [5.74, 6) is -0.823. The third kappa shape index (κ3) is 8.49. The van der Waals surface area contributed by atoms with Gasteiger partial charge in [0.05, 0.1) is 10.6 Å². The van der Waals surface area contributed by atoms with Gasteiger partial charge in [-0.05, 0) is 61.7 Å². The van der Waals surface area contributed by atoms with Gasteiger partial charge in [-0.3, -0.25) is 13.9 Å². The molecule has 0 unspecified atom stereocenters. The lowest BCUT2D eigenvalue weighted by Crippen LogP contribution is -2.54. The largest absolute Gasteiger partial charge is 0.352 e. The van der Waals surface area contributed by atoms with E-state index in [2.05, 4.69) is 5.32 Å². The van der Waals surface area contributed by atoms with Crippen LogP contribution in [0.15, 0.2) is 114 Å². The molecular weight excluding hydrogens is 594 g/mol. The summed E-state index contributed by atoms with van der Waals surface area (Å²) in [4.78, 5) is 29.9. The number of carbonyl (C=O) groups excluding carboxylic acids is 2. The highest BCUT2D eigenvalue weighted by Crippen LogP contribution is 2.27. The fourth-order valence-electron chi connectivity index (χ4n) is 4.88. The van der Waals surface area contributed by atoms with Crippen molar-refractivity contribution in [1.82, 2.24) is 10.2 Å². The van der Waals surface area contributed by atoms with Crippen LogP contribution in [0.5, 0.6) is 0 Å². The highest BCUT2D eigenvalue weighted by Gasteiger charge is 2.35. The van der Waals surface area contributed by atoms with Crippen molar-refractivity contribution in [3.05, 3.63) is 131 Å². The molecule has 4 aromatic rings.